The van der Waals surface area contributed by atoms with Gasteiger partial charge in [0.15, 0.2) is 17.3 Å². The number of fused-ring (bicyclic) bond motifs is 2. The van der Waals surface area contributed by atoms with Crippen molar-refractivity contribution in [3.63, 3.8) is 0 Å². The van der Waals surface area contributed by atoms with Gasteiger partial charge in [0.05, 0.1) is 22.7 Å². The summed E-state index contributed by atoms with van der Waals surface area (Å²) in [6, 6.07) is 12.6. The monoisotopic (exact) mass is 756 g/mol. The Morgan fingerprint density at radius 3 is 2.62 bits per heavy atom. The number of aliphatic hydroxyl groups is 1. The number of carbonyl (C=O) groups excluding carboxylic acids is 2. The average Bonchev–Trinajstić information content (AvgIpc) is 3.33. The zero-order chi connectivity index (χ0) is 33.5. The molecule has 2 heterocycles. The molecule has 2 aromatic rings. The van der Waals surface area contributed by atoms with Crippen LogP contribution in [0.3, 0.4) is 0 Å². The Kier molecular flexibility index (Phi) is 7.68. The van der Waals surface area contributed by atoms with E-state index in [0.717, 1.165) is 11.1 Å². The summed E-state index contributed by atoms with van der Waals surface area (Å²) in [5.74, 6) is -3.07. The molecule has 11 heteroatoms. The number of hydrogen-bond acceptors (Lipinski definition) is 10. The predicted molar refractivity (Wildman–Crippen MR) is 177 cm³/mol. The van der Waals surface area contributed by atoms with Crippen LogP contribution in [0.5, 0.6) is 17.2 Å². The van der Waals surface area contributed by atoms with Gasteiger partial charge in [0.2, 0.25) is 0 Å². The maximum atomic E-state index is 13.8. The molecule has 2 N–H and O–H groups in total. The van der Waals surface area contributed by atoms with Gasteiger partial charge in [-0.15, -0.1) is 0 Å². The second-order valence-corrected chi connectivity index (χ2v) is 14.6. The Hall–Kier alpha value is -3.23. The largest absolute Gasteiger partial charge is 0.514 e. The third kappa shape index (κ3) is 4.79. The highest BCUT2D eigenvalue weighted by Crippen LogP contribution is 2.68. The minimum Gasteiger partial charge on any atom is -0.504 e. The normalized spacial score (nSPS) is 36.5. The van der Waals surface area contributed by atoms with E-state index in [4.69, 9.17) is 28.4 Å². The molecule has 3 fully saturated rings. The van der Waals surface area contributed by atoms with Crippen molar-refractivity contribution in [2.45, 2.75) is 68.9 Å². The maximum absolute atomic E-state index is 13.8. The van der Waals surface area contributed by atoms with Crippen molar-refractivity contribution in [1.29, 1.82) is 0 Å². The molecule has 10 nitrogen and oxygen atoms in total. The SMILES string of the molecule is C=C(C)[C@]12C[C@@H](C)C34OC(Cc5ccccc5)(OC1[C@@H]3C=C(COC(=O)Oc1cc(I)c(O)c(OC)c1)C[C@]1(O)C(=O)C(C)=C[C@@H]41)O2. The molecule has 1 saturated carbocycles. The topological polar surface area (TPSA) is 130 Å². The van der Waals surface area contributed by atoms with Crippen LogP contribution < -0.4 is 9.47 Å². The lowest BCUT2D eigenvalue weighted by molar-refractivity contribution is -0.421. The van der Waals surface area contributed by atoms with Crippen LogP contribution in [0.25, 0.3) is 0 Å². The van der Waals surface area contributed by atoms with E-state index in [-0.39, 0.29) is 42.0 Å². The second-order valence-electron chi connectivity index (χ2n) is 13.4. The first-order valence-electron chi connectivity index (χ1n) is 15.6. The molecule has 0 spiro atoms. The van der Waals surface area contributed by atoms with Gasteiger partial charge in [-0.05, 0) is 77.1 Å². The number of ketones is 1. The van der Waals surface area contributed by atoms with Gasteiger partial charge in [-0.3, -0.25) is 4.79 Å². The Morgan fingerprint density at radius 1 is 1.17 bits per heavy atom. The number of carbonyl (C=O) groups is 2. The molecule has 7 rings (SSSR count). The zero-order valence-corrected chi connectivity index (χ0v) is 28.7. The van der Waals surface area contributed by atoms with E-state index in [9.17, 15) is 19.8 Å². The van der Waals surface area contributed by atoms with E-state index in [0.29, 0.717) is 27.6 Å². The molecule has 3 aliphatic carbocycles. The van der Waals surface area contributed by atoms with Crippen LogP contribution in [0.15, 0.2) is 77.9 Å². The van der Waals surface area contributed by atoms with E-state index < -0.39 is 46.9 Å². The summed E-state index contributed by atoms with van der Waals surface area (Å²) in [5.41, 5.74) is -1.10. The zero-order valence-electron chi connectivity index (χ0n) is 26.6. The number of benzene rings is 2. The summed E-state index contributed by atoms with van der Waals surface area (Å²) < 4.78 is 37.4. The molecule has 3 bridgehead atoms. The van der Waals surface area contributed by atoms with Gasteiger partial charge in [0, 0.05) is 24.3 Å². The first kappa shape index (κ1) is 32.3. The number of hydrogen-bond donors (Lipinski definition) is 2. The number of phenolic OH excluding ortho intramolecular Hbond substituents is 1. The molecule has 3 unspecified atom stereocenters. The van der Waals surface area contributed by atoms with E-state index in [1.54, 1.807) is 6.92 Å². The van der Waals surface area contributed by atoms with Crippen molar-refractivity contribution in [3.8, 4) is 17.2 Å². The van der Waals surface area contributed by atoms with Crippen molar-refractivity contribution >= 4 is 34.5 Å². The molecule has 2 saturated heterocycles. The van der Waals surface area contributed by atoms with Crippen LogP contribution in [-0.4, -0.2) is 64.7 Å². The lowest BCUT2D eigenvalue weighted by Gasteiger charge is -2.59. The molecule has 2 aromatic carbocycles. The number of phenols is 1. The van der Waals surface area contributed by atoms with Crippen LogP contribution in [0, 0.1) is 21.3 Å². The van der Waals surface area contributed by atoms with Gasteiger partial charge in [-0.25, -0.2) is 4.79 Å². The third-order valence-corrected chi connectivity index (χ3v) is 11.3. The van der Waals surface area contributed by atoms with E-state index in [1.165, 1.54) is 19.2 Å². The Balaban J connectivity index is 1.26. The van der Waals surface area contributed by atoms with Gasteiger partial charge in [-0.2, -0.15) is 0 Å². The van der Waals surface area contributed by atoms with Crippen LogP contribution in [0.4, 0.5) is 4.79 Å². The fourth-order valence-electron chi connectivity index (χ4n) is 8.53. The first-order chi connectivity index (χ1) is 22.3. The second kappa shape index (κ2) is 11.2. The average molecular weight is 757 g/mol. The molecule has 0 radical (unpaired) electrons. The fourth-order valence-corrected chi connectivity index (χ4v) is 9.10. The quantitative estimate of drug-likeness (QED) is 0.155. The molecule has 2 aliphatic heterocycles. The molecule has 47 heavy (non-hydrogen) atoms. The summed E-state index contributed by atoms with van der Waals surface area (Å²) in [7, 11) is 1.39. The van der Waals surface area contributed by atoms with Gasteiger partial charge in [0.25, 0.3) is 5.97 Å². The molecular formula is C36H37IO10. The Bertz CT molecular complexity index is 1740. The Morgan fingerprint density at radius 2 is 1.91 bits per heavy atom. The van der Waals surface area contributed by atoms with Crippen LogP contribution in [0.2, 0.25) is 0 Å². The van der Waals surface area contributed by atoms with Crippen molar-refractivity contribution in [2.75, 3.05) is 13.7 Å². The molecule has 248 valence electrons. The van der Waals surface area contributed by atoms with Gasteiger partial charge in [-0.1, -0.05) is 56.0 Å². The number of halogens is 1. The number of rotatable bonds is 7. The summed E-state index contributed by atoms with van der Waals surface area (Å²) >= 11 is 1.90. The summed E-state index contributed by atoms with van der Waals surface area (Å²) in [6.45, 7) is 9.79. The smallest absolute Gasteiger partial charge is 0.504 e. The van der Waals surface area contributed by atoms with Crippen molar-refractivity contribution < 1.29 is 48.2 Å². The standard InChI is InChI=1S/C36H37IO10/c1-19(2)34-15-21(4)36-25(31(34)45-35(46-34,47-36)17-22-9-7-6-8-10-22)12-23(16-33(41)28(36)11-20(3)30(33)39)18-43-32(40)44-24-13-26(37)29(38)27(14-24)42-5/h6-14,21,25,28,31,38,41H,1,15-18H2,2-5H3/t21-,25+,28-,31?,33-,34-,35?,36?/m1/s1. The summed E-state index contributed by atoms with van der Waals surface area (Å²) in [5, 5.41) is 22.5. The lowest BCUT2D eigenvalue weighted by Crippen LogP contribution is -2.70. The lowest BCUT2D eigenvalue weighted by atomic mass is 9.55. The number of aromatic hydroxyl groups is 1. The molecule has 0 amide bonds. The predicted octanol–water partition coefficient (Wildman–Crippen LogP) is 5.78. The molecule has 5 aliphatic rings. The van der Waals surface area contributed by atoms with E-state index in [2.05, 4.69) is 13.5 Å². The third-order valence-electron chi connectivity index (χ3n) is 10.5. The van der Waals surface area contributed by atoms with Gasteiger partial charge >= 0.3 is 6.16 Å². The fraction of sp³-hybridized carbons (Fsp3) is 0.444. The maximum Gasteiger partial charge on any atom is 0.514 e. The molecule has 0 aromatic heterocycles. The van der Waals surface area contributed by atoms with Crippen LogP contribution in [0.1, 0.15) is 39.2 Å². The van der Waals surface area contributed by atoms with Crippen LogP contribution >= 0.6 is 22.6 Å². The van der Waals surface area contributed by atoms with Crippen LogP contribution in [-0.2, 0) is 30.2 Å². The number of methoxy groups -OCH3 is 1. The number of Topliss-reactive ketones (excluding diaryl/α,β-unsaturated/α-hetero) is 1. The van der Waals surface area contributed by atoms with E-state index >= 15 is 0 Å². The number of ether oxygens (including phenoxy) is 6. The molecule has 8 atom stereocenters. The minimum atomic E-state index is -1.85. The van der Waals surface area contributed by atoms with Gasteiger partial charge in [0.1, 0.15) is 29.7 Å². The highest BCUT2D eigenvalue weighted by molar-refractivity contribution is 14.1. The Labute approximate surface area is 286 Å². The minimum absolute atomic E-state index is 0.0732. The first-order valence-corrected chi connectivity index (χ1v) is 16.7. The van der Waals surface area contributed by atoms with Crippen molar-refractivity contribution in [1.82, 2.24) is 0 Å². The van der Waals surface area contributed by atoms with E-state index in [1.807, 2.05) is 72.0 Å². The summed E-state index contributed by atoms with van der Waals surface area (Å²) in [6.07, 6.45) is 2.98. The summed E-state index contributed by atoms with van der Waals surface area (Å²) in [4.78, 5) is 26.7. The van der Waals surface area contributed by atoms with Crippen molar-refractivity contribution in [3.05, 3.63) is 87.0 Å². The van der Waals surface area contributed by atoms with Crippen molar-refractivity contribution in [2.24, 2.45) is 17.8 Å². The highest BCUT2D eigenvalue weighted by Gasteiger charge is 2.79. The van der Waals surface area contributed by atoms with Gasteiger partial charge < -0.3 is 38.6 Å². The molecular weight excluding hydrogens is 719 g/mol. The highest BCUT2D eigenvalue weighted by atomic mass is 127.